The van der Waals surface area contributed by atoms with Crippen LogP contribution in [-0.4, -0.2) is 36.7 Å². The van der Waals surface area contributed by atoms with Gasteiger partial charge in [-0.25, -0.2) is 9.59 Å². The molecule has 224 valence electrons. The van der Waals surface area contributed by atoms with E-state index in [9.17, 15) is 19.2 Å². The van der Waals surface area contributed by atoms with E-state index in [1.807, 2.05) is 0 Å². The predicted octanol–water partition coefficient (Wildman–Crippen LogP) is 7.67. The van der Waals surface area contributed by atoms with Crippen LogP contribution in [0.5, 0.6) is 11.5 Å². The number of hydrogen-bond acceptors (Lipinski definition) is 8. The van der Waals surface area contributed by atoms with Gasteiger partial charge in [-0.15, -0.1) is 0 Å². The number of ether oxygens (including phenoxy) is 4. The third-order valence-corrected chi connectivity index (χ3v) is 7.00. The molecular weight excluding hydrogens is 583 g/mol. The van der Waals surface area contributed by atoms with Crippen LogP contribution in [0.15, 0.2) is 70.1 Å². The van der Waals surface area contributed by atoms with Gasteiger partial charge < -0.3 is 18.9 Å². The van der Waals surface area contributed by atoms with Crippen molar-refractivity contribution < 1.29 is 38.1 Å². The normalized spacial score (nSPS) is 13.3. The average molecular weight is 618 g/mol. The maximum Gasteiger partial charge on any atom is 0.343 e. The van der Waals surface area contributed by atoms with Crippen LogP contribution in [0, 0.1) is 0 Å². The molecule has 2 aromatic rings. The summed E-state index contributed by atoms with van der Waals surface area (Å²) >= 11 is 12.2. The number of hydrogen-bond donors (Lipinski definition) is 0. The molecule has 0 fully saturated rings. The molecule has 0 N–H and O–H groups in total. The van der Waals surface area contributed by atoms with Gasteiger partial charge in [0.2, 0.25) is 23.1 Å². The highest BCUT2D eigenvalue weighted by Gasteiger charge is 2.38. The summed E-state index contributed by atoms with van der Waals surface area (Å²) in [5.41, 5.74) is 0.188. The van der Waals surface area contributed by atoms with Crippen LogP contribution in [0.4, 0.5) is 0 Å². The Bertz CT molecular complexity index is 1220. The van der Waals surface area contributed by atoms with Gasteiger partial charge in [0, 0.05) is 0 Å². The summed E-state index contributed by atoms with van der Waals surface area (Å²) in [6, 6.07) is 12.2. The van der Waals surface area contributed by atoms with E-state index in [4.69, 9.17) is 42.1 Å². The monoisotopic (exact) mass is 616 g/mol. The van der Waals surface area contributed by atoms with Crippen molar-refractivity contribution in [2.75, 3.05) is 13.2 Å². The fraction of sp³-hybridized carbons (Fsp3) is 0.375. The van der Waals surface area contributed by atoms with E-state index in [1.54, 1.807) is 24.3 Å². The van der Waals surface area contributed by atoms with Gasteiger partial charge in [-0.3, -0.25) is 9.59 Å². The van der Waals surface area contributed by atoms with Gasteiger partial charge in [-0.1, -0.05) is 75.6 Å². The Labute approximate surface area is 255 Å². The lowest BCUT2D eigenvalue weighted by Crippen LogP contribution is -2.26. The highest BCUT2D eigenvalue weighted by Crippen LogP contribution is 2.32. The number of benzene rings is 2. The van der Waals surface area contributed by atoms with Gasteiger partial charge in [0.15, 0.2) is 0 Å². The Hall–Kier alpha value is -3.62. The van der Waals surface area contributed by atoms with Crippen LogP contribution >= 0.6 is 23.2 Å². The summed E-state index contributed by atoms with van der Waals surface area (Å²) in [6.07, 6.45) is 8.52. The Kier molecular flexibility index (Phi) is 13.1. The fourth-order valence-electron chi connectivity index (χ4n) is 3.90. The molecule has 0 radical (unpaired) electrons. The predicted molar refractivity (Wildman–Crippen MR) is 159 cm³/mol. The second-order valence-electron chi connectivity index (χ2n) is 9.59. The van der Waals surface area contributed by atoms with E-state index in [2.05, 4.69) is 13.8 Å². The molecule has 10 heteroatoms. The van der Waals surface area contributed by atoms with Crippen LogP contribution in [0.1, 0.15) is 85.9 Å². The summed E-state index contributed by atoms with van der Waals surface area (Å²) < 4.78 is 21.6. The van der Waals surface area contributed by atoms with Gasteiger partial charge in [0.1, 0.15) is 21.6 Å². The molecule has 0 amide bonds. The average Bonchev–Trinajstić information content (AvgIpc) is 3.00. The number of halogens is 2. The van der Waals surface area contributed by atoms with Crippen molar-refractivity contribution in [1.29, 1.82) is 0 Å². The number of carbonyl (C=O) groups excluding carboxylic acids is 4. The Morgan fingerprint density at radius 1 is 0.571 bits per heavy atom. The van der Waals surface area contributed by atoms with Crippen molar-refractivity contribution in [3.63, 3.8) is 0 Å². The lowest BCUT2D eigenvalue weighted by molar-refractivity contribution is -0.119. The first kappa shape index (κ1) is 32.9. The zero-order valence-corrected chi connectivity index (χ0v) is 25.2. The summed E-state index contributed by atoms with van der Waals surface area (Å²) in [6.45, 7) is 5.37. The molecular formula is C32H34Cl2O8. The molecule has 2 aromatic carbocycles. The number of esters is 2. The van der Waals surface area contributed by atoms with Gasteiger partial charge in [-0.05, 0) is 61.4 Å². The number of carbonyl (C=O) groups is 4. The fourth-order valence-corrected chi connectivity index (χ4v) is 4.32. The van der Waals surface area contributed by atoms with E-state index in [0.29, 0.717) is 24.7 Å². The number of rotatable bonds is 16. The molecule has 0 saturated heterocycles. The van der Waals surface area contributed by atoms with Crippen LogP contribution in [0.2, 0.25) is 0 Å². The van der Waals surface area contributed by atoms with Crippen LogP contribution < -0.4 is 9.47 Å². The first-order valence-electron chi connectivity index (χ1n) is 14.1. The molecule has 0 aliphatic heterocycles. The molecule has 42 heavy (non-hydrogen) atoms. The van der Waals surface area contributed by atoms with Crippen LogP contribution in [0.3, 0.4) is 0 Å². The molecule has 0 atom stereocenters. The molecule has 1 aliphatic rings. The van der Waals surface area contributed by atoms with Gasteiger partial charge in [0.25, 0.3) is 0 Å². The lowest BCUT2D eigenvalue weighted by atomic mass is 10.1. The first-order chi connectivity index (χ1) is 20.3. The molecule has 0 spiro atoms. The van der Waals surface area contributed by atoms with Gasteiger partial charge >= 0.3 is 11.9 Å². The summed E-state index contributed by atoms with van der Waals surface area (Å²) in [5, 5.41) is -1.47. The SMILES string of the molecule is CCCCCCOc1ccc(C(=O)OC2=C(Cl)C(=O)C(OC(=O)c3ccc(OCCCCCC)cc3)=C(Cl)C2=O)cc1. The third kappa shape index (κ3) is 9.19. The number of allylic oxidation sites excluding steroid dienone is 2. The Morgan fingerprint density at radius 3 is 1.26 bits per heavy atom. The topological polar surface area (TPSA) is 105 Å². The zero-order valence-electron chi connectivity index (χ0n) is 23.7. The number of unbranched alkanes of at least 4 members (excludes halogenated alkanes) is 6. The largest absolute Gasteiger partial charge is 0.494 e. The zero-order chi connectivity index (χ0) is 30.5. The second kappa shape index (κ2) is 16.7. The maximum atomic E-state index is 12.8. The van der Waals surface area contributed by atoms with Crippen molar-refractivity contribution in [1.82, 2.24) is 0 Å². The number of Topliss-reactive ketones (excluding diaryl/α,β-unsaturated/α-hetero) is 2. The molecule has 0 heterocycles. The smallest absolute Gasteiger partial charge is 0.343 e. The van der Waals surface area contributed by atoms with Crippen molar-refractivity contribution in [2.24, 2.45) is 0 Å². The molecule has 8 nitrogen and oxygen atoms in total. The van der Waals surface area contributed by atoms with E-state index in [-0.39, 0.29) is 11.1 Å². The van der Waals surface area contributed by atoms with E-state index in [0.717, 1.165) is 51.4 Å². The van der Waals surface area contributed by atoms with Crippen molar-refractivity contribution in [3.05, 3.63) is 81.2 Å². The van der Waals surface area contributed by atoms with Gasteiger partial charge in [0.05, 0.1) is 24.3 Å². The second-order valence-corrected chi connectivity index (χ2v) is 10.3. The minimum absolute atomic E-state index is 0.0938. The highest BCUT2D eigenvalue weighted by atomic mass is 35.5. The van der Waals surface area contributed by atoms with E-state index < -0.39 is 45.1 Å². The van der Waals surface area contributed by atoms with Crippen molar-refractivity contribution >= 4 is 46.7 Å². The third-order valence-electron chi connectivity index (χ3n) is 6.31. The molecule has 3 rings (SSSR count). The van der Waals surface area contributed by atoms with Gasteiger partial charge in [-0.2, -0.15) is 0 Å². The molecule has 0 aromatic heterocycles. The minimum Gasteiger partial charge on any atom is -0.494 e. The van der Waals surface area contributed by atoms with E-state index >= 15 is 0 Å². The molecule has 0 bridgehead atoms. The quantitative estimate of drug-likeness (QED) is 0.107. The Morgan fingerprint density at radius 2 is 0.929 bits per heavy atom. The van der Waals surface area contributed by atoms with Crippen LogP contribution in [-0.2, 0) is 19.1 Å². The summed E-state index contributed by atoms with van der Waals surface area (Å²) in [4.78, 5) is 51.0. The van der Waals surface area contributed by atoms with Crippen molar-refractivity contribution in [2.45, 2.75) is 65.2 Å². The summed E-state index contributed by atoms with van der Waals surface area (Å²) in [7, 11) is 0. The summed E-state index contributed by atoms with van der Waals surface area (Å²) in [5.74, 6) is -4.38. The highest BCUT2D eigenvalue weighted by molar-refractivity contribution is 6.55. The lowest BCUT2D eigenvalue weighted by Gasteiger charge is -2.17. The molecule has 0 saturated carbocycles. The first-order valence-corrected chi connectivity index (χ1v) is 14.8. The Balaban J connectivity index is 1.59. The van der Waals surface area contributed by atoms with E-state index in [1.165, 1.54) is 24.3 Å². The van der Waals surface area contributed by atoms with Crippen LogP contribution in [0.25, 0.3) is 0 Å². The number of ketones is 2. The maximum absolute atomic E-state index is 12.8. The standard InChI is InChI=1S/C32H34Cl2O8/c1-3-5-7-9-19-39-23-15-11-21(12-16-23)31(37)41-29-25(33)28(36)30(26(34)27(29)35)42-32(38)22-13-17-24(18-14-22)40-20-10-8-6-4-2/h11-18H,3-10,19-20H2,1-2H3. The van der Waals surface area contributed by atoms with Crippen molar-refractivity contribution in [3.8, 4) is 11.5 Å². The molecule has 0 unspecified atom stereocenters. The minimum atomic E-state index is -1.07. The molecule has 1 aliphatic carbocycles.